The number of hydrogen-bond acceptors (Lipinski definition) is 4. The SMILES string of the molecule is Cc1ccc(S(=O)(=O)NC2CC2)cc1C(=O)NCc1cccc(COc2ccccc2)c1. The summed E-state index contributed by atoms with van der Waals surface area (Å²) in [6, 6.07) is 22.1. The van der Waals surface area contributed by atoms with E-state index < -0.39 is 10.0 Å². The molecule has 0 unspecified atom stereocenters. The first kappa shape index (κ1) is 22.0. The lowest BCUT2D eigenvalue weighted by atomic mass is 10.1. The fraction of sp³-hybridized carbons (Fsp3) is 0.240. The van der Waals surface area contributed by atoms with E-state index in [1.807, 2.05) is 54.6 Å². The molecule has 7 heteroatoms. The maximum Gasteiger partial charge on any atom is 0.251 e. The summed E-state index contributed by atoms with van der Waals surface area (Å²) < 4.78 is 33.4. The van der Waals surface area contributed by atoms with Crippen molar-refractivity contribution in [3.8, 4) is 5.75 Å². The molecule has 0 radical (unpaired) electrons. The number of amides is 1. The fourth-order valence-electron chi connectivity index (χ4n) is 3.29. The van der Waals surface area contributed by atoms with Gasteiger partial charge in [-0.15, -0.1) is 0 Å². The molecule has 1 saturated carbocycles. The lowest BCUT2D eigenvalue weighted by Crippen LogP contribution is -2.27. The van der Waals surface area contributed by atoms with Crippen LogP contribution in [0.25, 0.3) is 0 Å². The zero-order chi connectivity index (χ0) is 22.6. The monoisotopic (exact) mass is 450 g/mol. The van der Waals surface area contributed by atoms with Crippen LogP contribution in [0.15, 0.2) is 77.7 Å². The number of carbonyl (C=O) groups is 1. The average molecular weight is 451 g/mol. The molecule has 4 rings (SSSR count). The summed E-state index contributed by atoms with van der Waals surface area (Å²) in [5.41, 5.74) is 3.01. The van der Waals surface area contributed by atoms with Gasteiger partial charge in [0.25, 0.3) is 5.91 Å². The van der Waals surface area contributed by atoms with E-state index in [9.17, 15) is 13.2 Å². The third kappa shape index (κ3) is 5.75. The summed E-state index contributed by atoms with van der Waals surface area (Å²) >= 11 is 0. The minimum absolute atomic E-state index is 0.0109. The van der Waals surface area contributed by atoms with Gasteiger partial charge in [-0.1, -0.05) is 48.5 Å². The fourth-order valence-corrected chi connectivity index (χ4v) is 4.62. The topological polar surface area (TPSA) is 84.5 Å². The third-order valence-corrected chi connectivity index (χ3v) is 6.77. The van der Waals surface area contributed by atoms with Gasteiger partial charge in [-0.05, 0) is 60.7 Å². The van der Waals surface area contributed by atoms with Crippen LogP contribution in [0.3, 0.4) is 0 Å². The van der Waals surface area contributed by atoms with Gasteiger partial charge < -0.3 is 10.1 Å². The highest BCUT2D eigenvalue weighted by Gasteiger charge is 2.28. The molecule has 0 atom stereocenters. The number of benzene rings is 3. The van der Waals surface area contributed by atoms with Gasteiger partial charge in [0.15, 0.2) is 0 Å². The van der Waals surface area contributed by atoms with E-state index in [1.165, 1.54) is 12.1 Å². The van der Waals surface area contributed by atoms with E-state index in [-0.39, 0.29) is 16.8 Å². The molecule has 166 valence electrons. The molecule has 0 aliphatic heterocycles. The van der Waals surface area contributed by atoms with Gasteiger partial charge in [-0.2, -0.15) is 0 Å². The van der Waals surface area contributed by atoms with Crippen molar-refractivity contribution in [2.75, 3.05) is 0 Å². The van der Waals surface area contributed by atoms with Crippen molar-refractivity contribution in [2.45, 2.75) is 43.9 Å². The molecule has 0 saturated heterocycles. The Labute approximate surface area is 188 Å². The van der Waals surface area contributed by atoms with E-state index in [2.05, 4.69) is 10.0 Å². The maximum absolute atomic E-state index is 12.8. The maximum atomic E-state index is 12.8. The van der Waals surface area contributed by atoms with Crippen LogP contribution in [0.4, 0.5) is 0 Å². The number of rotatable bonds is 9. The van der Waals surface area contributed by atoms with E-state index in [0.29, 0.717) is 18.7 Å². The molecule has 0 bridgehead atoms. The average Bonchev–Trinajstić information content (AvgIpc) is 3.60. The second-order valence-corrected chi connectivity index (χ2v) is 9.69. The highest BCUT2D eigenvalue weighted by molar-refractivity contribution is 7.89. The summed E-state index contributed by atoms with van der Waals surface area (Å²) in [6.45, 7) is 2.55. The largest absolute Gasteiger partial charge is 0.489 e. The molecule has 2 N–H and O–H groups in total. The van der Waals surface area contributed by atoms with Crippen LogP contribution >= 0.6 is 0 Å². The second-order valence-electron chi connectivity index (χ2n) is 7.98. The highest BCUT2D eigenvalue weighted by Crippen LogP contribution is 2.23. The number of para-hydroxylation sites is 1. The minimum Gasteiger partial charge on any atom is -0.489 e. The summed E-state index contributed by atoms with van der Waals surface area (Å²) in [6.07, 6.45) is 1.71. The van der Waals surface area contributed by atoms with Crippen molar-refractivity contribution in [1.29, 1.82) is 0 Å². The lowest BCUT2D eigenvalue weighted by molar-refractivity contribution is 0.0950. The standard InChI is InChI=1S/C25H26N2O4S/c1-18-10-13-23(32(29,30)27-21-11-12-21)15-24(18)25(28)26-16-19-6-5-7-20(14-19)17-31-22-8-3-2-4-9-22/h2-10,13-15,21,27H,11-12,16-17H2,1H3,(H,26,28). The highest BCUT2D eigenvalue weighted by atomic mass is 32.2. The van der Waals surface area contributed by atoms with Crippen molar-refractivity contribution in [3.63, 3.8) is 0 Å². The normalized spacial score (nSPS) is 13.5. The molecule has 1 amide bonds. The lowest BCUT2D eigenvalue weighted by Gasteiger charge is -2.12. The van der Waals surface area contributed by atoms with Crippen molar-refractivity contribution in [2.24, 2.45) is 0 Å². The molecule has 3 aromatic rings. The molecule has 1 aliphatic carbocycles. The van der Waals surface area contributed by atoms with E-state index in [0.717, 1.165) is 35.3 Å². The first-order chi connectivity index (χ1) is 15.4. The van der Waals surface area contributed by atoms with Crippen LogP contribution in [0, 0.1) is 6.92 Å². The Morgan fingerprint density at radius 3 is 2.47 bits per heavy atom. The number of nitrogens with one attached hydrogen (secondary N) is 2. The van der Waals surface area contributed by atoms with Crippen LogP contribution in [0.1, 0.15) is 39.9 Å². The number of ether oxygens (including phenoxy) is 1. The van der Waals surface area contributed by atoms with Gasteiger partial charge in [-0.25, -0.2) is 13.1 Å². The van der Waals surface area contributed by atoms with Crippen molar-refractivity contribution < 1.29 is 17.9 Å². The van der Waals surface area contributed by atoms with Crippen LogP contribution < -0.4 is 14.8 Å². The zero-order valence-corrected chi connectivity index (χ0v) is 18.7. The summed E-state index contributed by atoms with van der Waals surface area (Å²) in [7, 11) is -3.62. The van der Waals surface area contributed by atoms with Crippen LogP contribution in [-0.2, 0) is 23.2 Å². The van der Waals surface area contributed by atoms with Crippen LogP contribution in [-0.4, -0.2) is 20.4 Å². The first-order valence-corrected chi connectivity index (χ1v) is 12.1. The Balaban J connectivity index is 1.40. The number of hydrogen-bond donors (Lipinski definition) is 2. The van der Waals surface area contributed by atoms with Crippen LogP contribution in [0.2, 0.25) is 0 Å². The molecule has 0 spiro atoms. The zero-order valence-electron chi connectivity index (χ0n) is 17.9. The van der Waals surface area contributed by atoms with Gasteiger partial charge in [0.1, 0.15) is 12.4 Å². The van der Waals surface area contributed by atoms with Gasteiger partial charge in [-0.3, -0.25) is 4.79 Å². The molecular weight excluding hydrogens is 424 g/mol. The van der Waals surface area contributed by atoms with E-state index >= 15 is 0 Å². The first-order valence-electron chi connectivity index (χ1n) is 10.6. The predicted molar refractivity (Wildman–Crippen MR) is 123 cm³/mol. The van der Waals surface area contributed by atoms with E-state index in [1.54, 1.807) is 13.0 Å². The number of aryl methyl sites for hydroxylation is 1. The minimum atomic E-state index is -3.62. The summed E-state index contributed by atoms with van der Waals surface area (Å²) in [4.78, 5) is 12.9. The Bertz CT molecular complexity index is 1210. The Morgan fingerprint density at radius 1 is 0.969 bits per heavy atom. The van der Waals surface area contributed by atoms with Gasteiger partial charge in [0, 0.05) is 18.2 Å². The summed E-state index contributed by atoms with van der Waals surface area (Å²) in [5, 5.41) is 2.89. The quantitative estimate of drug-likeness (QED) is 0.517. The molecular formula is C25H26N2O4S. The number of carbonyl (C=O) groups excluding carboxylic acids is 1. The van der Waals surface area contributed by atoms with Crippen molar-refractivity contribution in [3.05, 3.63) is 95.1 Å². The van der Waals surface area contributed by atoms with Gasteiger partial charge >= 0.3 is 0 Å². The molecule has 1 aliphatic rings. The van der Waals surface area contributed by atoms with Gasteiger partial charge in [0.05, 0.1) is 4.90 Å². The second kappa shape index (κ2) is 9.54. The molecule has 3 aromatic carbocycles. The summed E-state index contributed by atoms with van der Waals surface area (Å²) in [5.74, 6) is 0.490. The van der Waals surface area contributed by atoms with Gasteiger partial charge in [0.2, 0.25) is 10.0 Å². The molecule has 32 heavy (non-hydrogen) atoms. The molecule has 0 aromatic heterocycles. The Kier molecular flexibility index (Phi) is 6.58. The smallest absolute Gasteiger partial charge is 0.251 e. The Hall–Kier alpha value is -3.16. The van der Waals surface area contributed by atoms with Crippen molar-refractivity contribution in [1.82, 2.24) is 10.0 Å². The molecule has 0 heterocycles. The molecule has 1 fully saturated rings. The molecule has 6 nitrogen and oxygen atoms in total. The number of sulfonamides is 1. The predicted octanol–water partition coefficient (Wildman–Crippen LogP) is 3.94. The van der Waals surface area contributed by atoms with Crippen LogP contribution in [0.5, 0.6) is 5.75 Å². The van der Waals surface area contributed by atoms with Crippen molar-refractivity contribution >= 4 is 15.9 Å². The third-order valence-electron chi connectivity index (χ3n) is 5.26. The Morgan fingerprint density at radius 2 is 1.72 bits per heavy atom. The van der Waals surface area contributed by atoms with E-state index in [4.69, 9.17) is 4.74 Å².